The number of rotatable bonds is 5. The summed E-state index contributed by atoms with van der Waals surface area (Å²) in [5, 5.41) is 12.6. The van der Waals surface area contributed by atoms with E-state index in [9.17, 15) is 5.11 Å². The van der Waals surface area contributed by atoms with Crippen molar-refractivity contribution in [2.24, 2.45) is 0 Å². The lowest BCUT2D eigenvalue weighted by atomic mass is 9.63. The molecular weight excluding hydrogens is 440 g/mol. The number of aliphatic hydroxyl groups excluding tert-OH is 1. The molecule has 1 aromatic carbocycles. The third kappa shape index (κ3) is 4.79. The second-order valence-corrected chi connectivity index (χ2v) is 12.7. The Labute approximate surface area is 209 Å². The molecule has 1 N–H and O–H groups in total. The number of piperazine rings is 1. The van der Waals surface area contributed by atoms with Crippen molar-refractivity contribution in [3.63, 3.8) is 0 Å². The van der Waals surface area contributed by atoms with E-state index in [1.165, 1.54) is 47.5 Å². The summed E-state index contributed by atoms with van der Waals surface area (Å²) in [6.07, 6.45) is 4.95. The van der Waals surface area contributed by atoms with Crippen molar-refractivity contribution < 1.29 is 5.11 Å². The SMILES string of the molecule is CC1(C)CCC(C)(C)c2cc(-c3csc(N4CCN(C5CCN(CCO)CC5)CC4)n3)ccc21. The number of likely N-dealkylation sites (tertiary alicyclic amines) is 1. The van der Waals surface area contributed by atoms with Crippen LogP contribution in [0.25, 0.3) is 11.3 Å². The van der Waals surface area contributed by atoms with Crippen molar-refractivity contribution in [3.05, 3.63) is 34.7 Å². The van der Waals surface area contributed by atoms with Crippen molar-refractivity contribution in [3.8, 4) is 11.3 Å². The number of aliphatic hydroxyl groups is 1. The molecule has 34 heavy (non-hydrogen) atoms. The van der Waals surface area contributed by atoms with Gasteiger partial charge in [0.2, 0.25) is 0 Å². The van der Waals surface area contributed by atoms with Crippen LogP contribution in [0.1, 0.15) is 64.5 Å². The van der Waals surface area contributed by atoms with Crippen LogP contribution >= 0.6 is 11.3 Å². The Morgan fingerprint density at radius 1 is 0.941 bits per heavy atom. The predicted molar refractivity (Wildman–Crippen MR) is 143 cm³/mol. The first-order chi connectivity index (χ1) is 16.3. The Morgan fingerprint density at radius 3 is 2.29 bits per heavy atom. The Morgan fingerprint density at radius 2 is 1.62 bits per heavy atom. The lowest BCUT2D eigenvalue weighted by Crippen LogP contribution is -2.53. The summed E-state index contributed by atoms with van der Waals surface area (Å²) in [6.45, 7) is 17.3. The standard InChI is InChI=1S/C28H42N4OS/c1-27(2)9-10-28(3,4)24-19-21(5-6-23(24)27)25-20-34-26(29-25)32-15-13-31(14-16-32)22-7-11-30(12-8-22)17-18-33/h5-6,19-20,22,33H,7-18H2,1-4H3. The normalized spacial score (nSPS) is 23.7. The van der Waals surface area contributed by atoms with Crippen molar-refractivity contribution in [1.82, 2.24) is 14.8 Å². The molecule has 0 radical (unpaired) electrons. The second kappa shape index (κ2) is 9.53. The molecule has 0 unspecified atom stereocenters. The maximum Gasteiger partial charge on any atom is 0.185 e. The highest BCUT2D eigenvalue weighted by molar-refractivity contribution is 7.14. The Bertz CT molecular complexity index is 984. The Hall–Kier alpha value is -1.47. The van der Waals surface area contributed by atoms with Crippen LogP contribution in [0.15, 0.2) is 23.6 Å². The zero-order valence-electron chi connectivity index (χ0n) is 21.5. The number of anilines is 1. The number of benzene rings is 1. The molecule has 1 aliphatic carbocycles. The van der Waals surface area contributed by atoms with Gasteiger partial charge in [0.15, 0.2) is 5.13 Å². The van der Waals surface area contributed by atoms with Gasteiger partial charge in [0.25, 0.3) is 0 Å². The van der Waals surface area contributed by atoms with Crippen molar-refractivity contribution in [2.45, 2.75) is 70.3 Å². The van der Waals surface area contributed by atoms with Gasteiger partial charge in [-0.05, 0) is 66.8 Å². The van der Waals surface area contributed by atoms with Crippen LogP contribution in [0.4, 0.5) is 5.13 Å². The molecule has 2 aliphatic heterocycles. The van der Waals surface area contributed by atoms with E-state index in [0.29, 0.717) is 6.04 Å². The summed E-state index contributed by atoms with van der Waals surface area (Å²) in [4.78, 5) is 12.7. The molecule has 1 aromatic heterocycles. The summed E-state index contributed by atoms with van der Waals surface area (Å²) in [5.74, 6) is 0. The van der Waals surface area contributed by atoms with Crippen LogP contribution in [0.3, 0.4) is 0 Å². The summed E-state index contributed by atoms with van der Waals surface area (Å²) in [6, 6.07) is 7.79. The van der Waals surface area contributed by atoms with Crippen molar-refractivity contribution >= 4 is 16.5 Å². The lowest BCUT2D eigenvalue weighted by molar-refractivity contribution is 0.0924. The van der Waals surface area contributed by atoms with Gasteiger partial charge >= 0.3 is 0 Å². The van der Waals surface area contributed by atoms with E-state index >= 15 is 0 Å². The molecule has 0 saturated carbocycles. The van der Waals surface area contributed by atoms with Gasteiger partial charge in [-0.15, -0.1) is 11.3 Å². The van der Waals surface area contributed by atoms with E-state index in [0.717, 1.165) is 51.5 Å². The first-order valence-corrected chi connectivity index (χ1v) is 14.1. The molecule has 2 saturated heterocycles. The van der Waals surface area contributed by atoms with Gasteiger partial charge in [-0.1, -0.05) is 39.8 Å². The number of hydrogen-bond acceptors (Lipinski definition) is 6. The molecule has 0 spiro atoms. The molecule has 0 atom stereocenters. The fourth-order valence-corrected chi connectivity index (χ4v) is 7.11. The average molecular weight is 483 g/mol. The predicted octanol–water partition coefficient (Wildman–Crippen LogP) is 4.74. The van der Waals surface area contributed by atoms with Crippen LogP contribution in [-0.4, -0.2) is 78.4 Å². The van der Waals surface area contributed by atoms with Crippen LogP contribution in [0.5, 0.6) is 0 Å². The third-order valence-corrected chi connectivity index (χ3v) is 9.62. The minimum atomic E-state index is 0.226. The highest BCUT2D eigenvalue weighted by Gasteiger charge is 2.37. The zero-order chi connectivity index (χ0) is 23.9. The third-order valence-electron chi connectivity index (χ3n) is 8.72. The number of fused-ring (bicyclic) bond motifs is 1. The van der Waals surface area contributed by atoms with Gasteiger partial charge in [0.1, 0.15) is 0 Å². The van der Waals surface area contributed by atoms with E-state index in [-0.39, 0.29) is 17.4 Å². The molecule has 5 rings (SSSR count). The summed E-state index contributed by atoms with van der Waals surface area (Å²) < 4.78 is 0. The maximum atomic E-state index is 9.18. The lowest BCUT2D eigenvalue weighted by Gasteiger charge is -2.42. The van der Waals surface area contributed by atoms with E-state index in [2.05, 4.69) is 66.0 Å². The number of β-amino-alcohol motifs (C(OH)–C–C–N with tert-alkyl or cyclic N) is 1. The van der Waals surface area contributed by atoms with E-state index in [4.69, 9.17) is 4.98 Å². The van der Waals surface area contributed by atoms with Gasteiger partial charge < -0.3 is 14.9 Å². The summed E-state index contributed by atoms with van der Waals surface area (Å²) in [5.41, 5.74) is 5.90. The van der Waals surface area contributed by atoms with Crippen molar-refractivity contribution in [1.29, 1.82) is 0 Å². The molecule has 6 heteroatoms. The molecule has 186 valence electrons. The molecular formula is C28H42N4OS. The number of piperidine rings is 1. The van der Waals surface area contributed by atoms with Gasteiger partial charge in [0, 0.05) is 49.7 Å². The van der Waals surface area contributed by atoms with Crippen LogP contribution in [0, 0.1) is 0 Å². The minimum absolute atomic E-state index is 0.226. The highest BCUT2D eigenvalue weighted by Crippen LogP contribution is 2.47. The molecule has 3 aliphatic rings. The maximum absolute atomic E-state index is 9.18. The summed E-state index contributed by atoms with van der Waals surface area (Å²) >= 11 is 1.80. The first kappa shape index (κ1) is 24.2. The van der Waals surface area contributed by atoms with E-state index in [1.807, 2.05) is 0 Å². The number of nitrogens with zero attached hydrogens (tertiary/aromatic N) is 4. The highest BCUT2D eigenvalue weighted by atomic mass is 32.1. The largest absolute Gasteiger partial charge is 0.395 e. The minimum Gasteiger partial charge on any atom is -0.395 e. The van der Waals surface area contributed by atoms with Crippen molar-refractivity contribution in [2.75, 3.05) is 57.3 Å². The first-order valence-electron chi connectivity index (χ1n) is 13.2. The van der Waals surface area contributed by atoms with Gasteiger partial charge in [-0.3, -0.25) is 4.90 Å². The number of hydrogen-bond donors (Lipinski definition) is 1. The monoisotopic (exact) mass is 482 g/mol. The van der Waals surface area contributed by atoms with E-state index in [1.54, 1.807) is 11.3 Å². The summed E-state index contributed by atoms with van der Waals surface area (Å²) in [7, 11) is 0. The molecule has 2 fully saturated rings. The fraction of sp³-hybridized carbons (Fsp3) is 0.679. The Balaban J connectivity index is 1.23. The quantitative estimate of drug-likeness (QED) is 0.667. The molecule has 0 bridgehead atoms. The number of thiazole rings is 1. The van der Waals surface area contributed by atoms with Crippen LogP contribution in [0.2, 0.25) is 0 Å². The fourth-order valence-electron chi connectivity index (χ4n) is 6.22. The zero-order valence-corrected chi connectivity index (χ0v) is 22.3. The number of aromatic nitrogens is 1. The molecule has 0 amide bonds. The molecule has 5 nitrogen and oxygen atoms in total. The smallest absolute Gasteiger partial charge is 0.185 e. The van der Waals surface area contributed by atoms with Gasteiger partial charge in [-0.25, -0.2) is 4.98 Å². The molecule has 2 aromatic rings. The van der Waals surface area contributed by atoms with Gasteiger partial charge in [0.05, 0.1) is 12.3 Å². The van der Waals surface area contributed by atoms with Crippen LogP contribution in [-0.2, 0) is 10.8 Å². The van der Waals surface area contributed by atoms with Gasteiger partial charge in [-0.2, -0.15) is 0 Å². The van der Waals surface area contributed by atoms with Crippen LogP contribution < -0.4 is 4.90 Å². The Kier molecular flexibility index (Phi) is 6.79. The topological polar surface area (TPSA) is 42.8 Å². The molecule has 3 heterocycles. The average Bonchev–Trinajstić information content (AvgIpc) is 3.33. The second-order valence-electron chi connectivity index (χ2n) is 11.9. The van der Waals surface area contributed by atoms with E-state index < -0.39 is 0 Å².